The molecule has 0 spiro atoms. The van der Waals surface area contributed by atoms with Crippen molar-refractivity contribution in [2.45, 2.75) is 20.4 Å². The fraction of sp³-hybridized carbons (Fsp3) is 0.200. The summed E-state index contributed by atoms with van der Waals surface area (Å²) < 4.78 is 5.54. The molecule has 138 valence electrons. The fourth-order valence-corrected chi connectivity index (χ4v) is 2.49. The first kappa shape index (κ1) is 18.3. The third kappa shape index (κ3) is 5.01. The highest BCUT2D eigenvalue weighted by molar-refractivity contribution is 6.03. The Kier molecular flexibility index (Phi) is 5.94. The molecular formula is C20H21N5O2. The van der Waals surface area contributed by atoms with E-state index in [1.54, 1.807) is 24.5 Å². The van der Waals surface area contributed by atoms with Gasteiger partial charge in [0.2, 0.25) is 5.95 Å². The molecule has 3 rings (SSSR count). The number of hydrogen-bond donors (Lipinski definition) is 2. The monoisotopic (exact) mass is 363 g/mol. The summed E-state index contributed by atoms with van der Waals surface area (Å²) in [6.45, 7) is 4.75. The Labute approximate surface area is 157 Å². The van der Waals surface area contributed by atoms with Gasteiger partial charge in [0.05, 0.1) is 12.3 Å². The molecule has 3 aromatic rings. The number of rotatable bonds is 7. The Morgan fingerprint density at radius 3 is 2.78 bits per heavy atom. The molecular weight excluding hydrogens is 342 g/mol. The van der Waals surface area contributed by atoms with Crippen LogP contribution in [0.5, 0.6) is 5.75 Å². The zero-order valence-corrected chi connectivity index (χ0v) is 15.3. The van der Waals surface area contributed by atoms with Crippen molar-refractivity contribution < 1.29 is 9.53 Å². The normalized spacial score (nSPS) is 10.3. The molecule has 0 bridgehead atoms. The van der Waals surface area contributed by atoms with Crippen molar-refractivity contribution >= 4 is 17.5 Å². The van der Waals surface area contributed by atoms with Crippen LogP contribution in [0.3, 0.4) is 0 Å². The van der Waals surface area contributed by atoms with Crippen LogP contribution in [-0.2, 0) is 6.54 Å². The molecule has 27 heavy (non-hydrogen) atoms. The molecule has 1 aromatic carbocycles. The molecule has 2 N–H and O–H groups in total. The Bertz CT molecular complexity index is 915. The van der Waals surface area contributed by atoms with E-state index >= 15 is 0 Å². The molecule has 0 atom stereocenters. The van der Waals surface area contributed by atoms with Crippen molar-refractivity contribution in [1.82, 2.24) is 15.0 Å². The number of nitrogens with zero attached hydrogens (tertiary/aromatic N) is 3. The predicted octanol–water partition coefficient (Wildman–Crippen LogP) is 3.44. The average molecular weight is 363 g/mol. The summed E-state index contributed by atoms with van der Waals surface area (Å²) in [7, 11) is 0. The van der Waals surface area contributed by atoms with Crippen LogP contribution in [-0.4, -0.2) is 27.5 Å². The summed E-state index contributed by atoms with van der Waals surface area (Å²) in [6.07, 6.45) is 3.48. The molecule has 0 fully saturated rings. The van der Waals surface area contributed by atoms with Crippen LogP contribution in [0.15, 0.2) is 54.9 Å². The number of benzene rings is 1. The SMILES string of the molecule is CCOc1ccccc1NC(=O)c1cc(C)nc(NCc2cccnc2)n1. The number of aryl methyl sites for hydroxylation is 1. The van der Waals surface area contributed by atoms with Crippen molar-refractivity contribution in [2.24, 2.45) is 0 Å². The number of pyridine rings is 1. The highest BCUT2D eigenvalue weighted by atomic mass is 16.5. The van der Waals surface area contributed by atoms with Crippen LogP contribution in [0, 0.1) is 6.92 Å². The summed E-state index contributed by atoms with van der Waals surface area (Å²) in [5.74, 6) is 0.688. The van der Waals surface area contributed by atoms with Crippen LogP contribution in [0.1, 0.15) is 28.7 Å². The first-order valence-electron chi connectivity index (χ1n) is 8.67. The molecule has 7 nitrogen and oxygen atoms in total. The maximum atomic E-state index is 12.7. The maximum absolute atomic E-state index is 12.7. The van der Waals surface area contributed by atoms with Gasteiger partial charge in [-0.25, -0.2) is 9.97 Å². The van der Waals surface area contributed by atoms with Crippen LogP contribution in [0.4, 0.5) is 11.6 Å². The minimum Gasteiger partial charge on any atom is -0.492 e. The van der Waals surface area contributed by atoms with Gasteiger partial charge < -0.3 is 15.4 Å². The van der Waals surface area contributed by atoms with Crippen molar-refractivity contribution in [3.8, 4) is 5.75 Å². The van der Waals surface area contributed by atoms with E-state index in [4.69, 9.17) is 4.74 Å². The second-order valence-electron chi connectivity index (χ2n) is 5.82. The number of amides is 1. The minimum atomic E-state index is -0.322. The summed E-state index contributed by atoms with van der Waals surface area (Å²) in [5, 5.41) is 5.97. The van der Waals surface area contributed by atoms with Gasteiger partial charge in [-0.05, 0) is 43.7 Å². The van der Waals surface area contributed by atoms with Crippen LogP contribution >= 0.6 is 0 Å². The number of aromatic nitrogens is 3. The third-order valence-electron chi connectivity index (χ3n) is 3.70. The number of ether oxygens (including phenoxy) is 1. The quantitative estimate of drug-likeness (QED) is 0.668. The maximum Gasteiger partial charge on any atom is 0.274 e. The number of hydrogen-bond acceptors (Lipinski definition) is 6. The van der Waals surface area contributed by atoms with Gasteiger partial charge in [-0.2, -0.15) is 0 Å². The molecule has 2 heterocycles. The molecule has 7 heteroatoms. The van der Waals surface area contributed by atoms with E-state index in [1.807, 2.05) is 44.2 Å². The molecule has 0 saturated heterocycles. The second kappa shape index (κ2) is 8.75. The van der Waals surface area contributed by atoms with Crippen molar-refractivity contribution in [2.75, 3.05) is 17.2 Å². The number of carbonyl (C=O) groups is 1. The van der Waals surface area contributed by atoms with Crippen LogP contribution in [0.2, 0.25) is 0 Å². The van der Waals surface area contributed by atoms with Gasteiger partial charge in [0.1, 0.15) is 11.4 Å². The second-order valence-corrected chi connectivity index (χ2v) is 5.82. The Morgan fingerprint density at radius 1 is 1.15 bits per heavy atom. The van der Waals surface area contributed by atoms with E-state index in [1.165, 1.54) is 0 Å². The Morgan fingerprint density at radius 2 is 2.00 bits per heavy atom. The Hall–Kier alpha value is -3.48. The summed E-state index contributed by atoms with van der Waals surface area (Å²) in [6, 6.07) is 12.8. The molecule has 0 unspecified atom stereocenters. The van der Waals surface area contributed by atoms with Crippen LogP contribution in [0.25, 0.3) is 0 Å². The lowest BCUT2D eigenvalue weighted by molar-refractivity contribution is 0.102. The summed E-state index contributed by atoms with van der Waals surface area (Å²) >= 11 is 0. The highest BCUT2D eigenvalue weighted by Crippen LogP contribution is 2.24. The number of anilines is 2. The third-order valence-corrected chi connectivity index (χ3v) is 3.70. The minimum absolute atomic E-state index is 0.280. The zero-order chi connectivity index (χ0) is 19.1. The lowest BCUT2D eigenvalue weighted by Gasteiger charge is -2.12. The molecule has 0 aliphatic heterocycles. The largest absolute Gasteiger partial charge is 0.492 e. The van der Waals surface area contributed by atoms with Crippen molar-refractivity contribution in [1.29, 1.82) is 0 Å². The molecule has 2 aromatic heterocycles. The van der Waals surface area contributed by atoms with E-state index in [9.17, 15) is 4.79 Å². The van der Waals surface area contributed by atoms with Crippen molar-refractivity contribution in [3.05, 3.63) is 71.8 Å². The number of nitrogens with one attached hydrogen (secondary N) is 2. The van der Waals surface area contributed by atoms with Gasteiger partial charge in [-0.3, -0.25) is 9.78 Å². The lowest BCUT2D eigenvalue weighted by Crippen LogP contribution is -2.16. The van der Waals surface area contributed by atoms with E-state index in [0.717, 1.165) is 5.56 Å². The summed E-state index contributed by atoms with van der Waals surface area (Å²) in [4.78, 5) is 25.4. The van der Waals surface area contributed by atoms with Crippen LogP contribution < -0.4 is 15.4 Å². The van der Waals surface area contributed by atoms with Gasteiger partial charge >= 0.3 is 0 Å². The summed E-state index contributed by atoms with van der Waals surface area (Å²) in [5.41, 5.74) is 2.58. The first-order chi connectivity index (χ1) is 13.2. The highest BCUT2D eigenvalue weighted by Gasteiger charge is 2.13. The van der Waals surface area contributed by atoms with Gasteiger partial charge in [0, 0.05) is 24.6 Å². The Balaban J connectivity index is 1.74. The molecule has 0 aliphatic carbocycles. The average Bonchev–Trinajstić information content (AvgIpc) is 2.68. The van der Waals surface area contributed by atoms with E-state index < -0.39 is 0 Å². The molecule has 0 saturated carbocycles. The van der Waals surface area contributed by atoms with E-state index in [2.05, 4.69) is 25.6 Å². The zero-order valence-electron chi connectivity index (χ0n) is 15.3. The lowest BCUT2D eigenvalue weighted by atomic mass is 10.2. The number of carbonyl (C=O) groups excluding carboxylic acids is 1. The number of para-hydroxylation sites is 2. The molecule has 0 aliphatic rings. The van der Waals surface area contributed by atoms with Gasteiger partial charge in [0.25, 0.3) is 5.91 Å². The first-order valence-corrected chi connectivity index (χ1v) is 8.67. The van der Waals surface area contributed by atoms with E-state index in [-0.39, 0.29) is 11.6 Å². The smallest absolute Gasteiger partial charge is 0.274 e. The van der Waals surface area contributed by atoms with Gasteiger partial charge in [-0.15, -0.1) is 0 Å². The van der Waals surface area contributed by atoms with Gasteiger partial charge in [-0.1, -0.05) is 18.2 Å². The van der Waals surface area contributed by atoms with E-state index in [0.29, 0.717) is 36.2 Å². The van der Waals surface area contributed by atoms with Gasteiger partial charge in [0.15, 0.2) is 0 Å². The standard InChI is InChI=1S/C20H21N5O2/c1-3-27-18-9-5-4-8-16(18)24-19(26)17-11-14(2)23-20(25-17)22-13-15-7-6-10-21-12-15/h4-12H,3,13H2,1-2H3,(H,24,26)(H,22,23,25). The fourth-order valence-electron chi connectivity index (χ4n) is 2.49. The predicted molar refractivity (Wildman–Crippen MR) is 104 cm³/mol. The van der Waals surface area contributed by atoms with Crippen molar-refractivity contribution in [3.63, 3.8) is 0 Å². The topological polar surface area (TPSA) is 89.0 Å². The molecule has 1 amide bonds. The molecule has 0 radical (unpaired) electrons.